The minimum absolute atomic E-state index is 0.755. The maximum Gasteiger partial charge on any atom is 0.0120 e. The number of allylic oxidation sites excluding steroid dienone is 4. The van der Waals surface area contributed by atoms with Crippen molar-refractivity contribution in [2.45, 2.75) is 77.0 Å². The third-order valence-electron chi connectivity index (χ3n) is 9.62. The van der Waals surface area contributed by atoms with E-state index in [-0.39, 0.29) is 0 Å². The monoisotopic (exact) mass is 264 g/mol. The van der Waals surface area contributed by atoms with Crippen molar-refractivity contribution >= 4 is 0 Å². The molecule has 0 heteroatoms. The zero-order valence-corrected chi connectivity index (χ0v) is 12.5. The van der Waals surface area contributed by atoms with Gasteiger partial charge in [0.25, 0.3) is 0 Å². The number of hydrogen-bond donors (Lipinski definition) is 0. The molecule has 0 nitrogen and oxygen atoms in total. The molecule has 5 fully saturated rings. The van der Waals surface area contributed by atoms with Crippen molar-refractivity contribution in [2.24, 2.45) is 21.7 Å². The average molecular weight is 264 g/mol. The van der Waals surface area contributed by atoms with Crippen molar-refractivity contribution in [2.75, 3.05) is 0 Å². The Balaban J connectivity index is 1.71. The Morgan fingerprint density at radius 2 is 0.700 bits per heavy atom. The lowest BCUT2D eigenvalue weighted by atomic mass is 9.12. The SMILES string of the molecule is C1CC2=C3CCCC4=C(C1)C15CCCC21C31CCCC451. The van der Waals surface area contributed by atoms with Crippen LogP contribution in [-0.2, 0) is 0 Å². The third kappa shape index (κ3) is 0.521. The van der Waals surface area contributed by atoms with E-state index >= 15 is 0 Å². The smallest absolute Gasteiger partial charge is 0.0120 e. The van der Waals surface area contributed by atoms with Gasteiger partial charge in [-0.3, -0.25) is 0 Å². The molecule has 4 spiro atoms. The first-order chi connectivity index (χ1) is 9.87. The maximum atomic E-state index is 2.06. The fourth-order valence-corrected chi connectivity index (χ4v) is 10.2. The van der Waals surface area contributed by atoms with Gasteiger partial charge in [-0.2, -0.15) is 0 Å². The quantitative estimate of drug-likeness (QED) is 0.521. The Morgan fingerprint density at radius 1 is 0.400 bits per heavy atom. The van der Waals surface area contributed by atoms with Crippen LogP contribution < -0.4 is 0 Å². The molecule has 0 N–H and O–H groups in total. The minimum atomic E-state index is 0.755. The summed E-state index contributed by atoms with van der Waals surface area (Å²) in [7, 11) is 0. The summed E-state index contributed by atoms with van der Waals surface area (Å²) >= 11 is 0. The van der Waals surface area contributed by atoms with Crippen LogP contribution in [0.4, 0.5) is 0 Å². The summed E-state index contributed by atoms with van der Waals surface area (Å²) in [6.45, 7) is 0. The molecule has 0 aromatic heterocycles. The van der Waals surface area contributed by atoms with E-state index in [2.05, 4.69) is 22.3 Å². The van der Waals surface area contributed by atoms with Crippen LogP contribution in [-0.4, -0.2) is 0 Å². The van der Waals surface area contributed by atoms with Gasteiger partial charge in [-0.05, 0) is 64.2 Å². The lowest BCUT2D eigenvalue weighted by Gasteiger charge is -2.90. The van der Waals surface area contributed by atoms with E-state index in [1.54, 1.807) is 38.5 Å². The summed E-state index contributed by atoms with van der Waals surface area (Å²) in [5.41, 5.74) is 11.3. The van der Waals surface area contributed by atoms with Gasteiger partial charge < -0.3 is 0 Å². The third-order valence-corrected chi connectivity index (χ3v) is 9.62. The van der Waals surface area contributed by atoms with E-state index in [4.69, 9.17) is 0 Å². The predicted octanol–water partition coefficient (Wildman–Crippen LogP) is 5.30. The molecule has 0 aromatic rings. The van der Waals surface area contributed by atoms with Crippen LogP contribution in [0, 0.1) is 21.7 Å². The molecule has 20 heavy (non-hydrogen) atoms. The Morgan fingerprint density at radius 3 is 1.00 bits per heavy atom. The Bertz CT molecular complexity index is 538. The van der Waals surface area contributed by atoms with E-state index in [9.17, 15) is 0 Å². The van der Waals surface area contributed by atoms with Crippen molar-refractivity contribution in [3.8, 4) is 0 Å². The van der Waals surface area contributed by atoms with Gasteiger partial charge in [0.2, 0.25) is 0 Å². The molecule has 0 radical (unpaired) electrons. The molecule has 0 aliphatic heterocycles. The zero-order chi connectivity index (χ0) is 12.8. The van der Waals surface area contributed by atoms with E-state index < -0.39 is 0 Å². The highest BCUT2D eigenvalue weighted by Gasteiger charge is 2.98. The Hall–Kier alpha value is -0.520. The molecule has 104 valence electrons. The highest BCUT2D eigenvalue weighted by atomic mass is 15.0. The first-order valence-electron chi connectivity index (χ1n) is 9.33. The first-order valence-corrected chi connectivity index (χ1v) is 9.33. The van der Waals surface area contributed by atoms with E-state index in [1.165, 1.54) is 38.5 Å². The van der Waals surface area contributed by atoms with E-state index in [1.807, 2.05) is 0 Å². The highest BCUT2D eigenvalue weighted by Crippen LogP contribution is 3.05. The molecule has 0 atom stereocenters. The molecule has 7 rings (SSSR count). The van der Waals surface area contributed by atoms with Crippen LogP contribution in [0.3, 0.4) is 0 Å². The van der Waals surface area contributed by atoms with E-state index in [0.29, 0.717) is 0 Å². The molecule has 7 aliphatic carbocycles. The van der Waals surface area contributed by atoms with Crippen molar-refractivity contribution in [3.05, 3.63) is 22.3 Å². The van der Waals surface area contributed by atoms with Gasteiger partial charge in [-0.15, -0.1) is 0 Å². The van der Waals surface area contributed by atoms with Crippen LogP contribution in [0.5, 0.6) is 0 Å². The van der Waals surface area contributed by atoms with Crippen molar-refractivity contribution in [1.29, 1.82) is 0 Å². The highest BCUT2D eigenvalue weighted by molar-refractivity contribution is 5.73. The topological polar surface area (TPSA) is 0 Å². The molecule has 0 amide bonds. The van der Waals surface area contributed by atoms with Crippen molar-refractivity contribution in [3.63, 3.8) is 0 Å². The predicted molar refractivity (Wildman–Crippen MR) is 79.2 cm³/mol. The molecular weight excluding hydrogens is 240 g/mol. The lowest BCUT2D eigenvalue weighted by molar-refractivity contribution is -0.288. The van der Waals surface area contributed by atoms with E-state index in [0.717, 1.165) is 21.7 Å². The van der Waals surface area contributed by atoms with Crippen LogP contribution in [0.25, 0.3) is 0 Å². The van der Waals surface area contributed by atoms with Gasteiger partial charge in [-0.25, -0.2) is 0 Å². The molecule has 0 bridgehead atoms. The lowest BCUT2D eigenvalue weighted by Crippen LogP contribution is -2.84. The first kappa shape index (κ1) is 10.2. The number of hydrogen-bond acceptors (Lipinski definition) is 0. The van der Waals surface area contributed by atoms with Crippen LogP contribution in [0.2, 0.25) is 0 Å². The molecule has 0 heterocycles. The Labute approximate surface area is 121 Å². The fraction of sp³-hybridized carbons (Fsp3) is 0.800. The van der Waals surface area contributed by atoms with Gasteiger partial charge in [0.1, 0.15) is 0 Å². The second-order valence-electron chi connectivity index (χ2n) is 8.95. The van der Waals surface area contributed by atoms with Gasteiger partial charge >= 0.3 is 0 Å². The zero-order valence-electron chi connectivity index (χ0n) is 12.5. The fourth-order valence-electron chi connectivity index (χ4n) is 10.2. The second-order valence-corrected chi connectivity index (χ2v) is 8.95. The van der Waals surface area contributed by atoms with Crippen molar-refractivity contribution in [1.82, 2.24) is 0 Å². The van der Waals surface area contributed by atoms with Gasteiger partial charge in [0, 0.05) is 21.7 Å². The molecule has 7 aliphatic rings. The minimum Gasteiger partial charge on any atom is -0.0623 e. The molecule has 0 aromatic carbocycles. The molecule has 5 saturated carbocycles. The number of rotatable bonds is 0. The Kier molecular flexibility index (Phi) is 1.28. The van der Waals surface area contributed by atoms with Gasteiger partial charge in [0.05, 0.1) is 0 Å². The standard InChI is InChI=1S/C20H24/c1-5-13-15-7-2-8-16-14(6-1)18-10-3-9-17(13,18)19(15)11-4-12-20(16,18)19/h1-12H2. The summed E-state index contributed by atoms with van der Waals surface area (Å²) in [5.74, 6) is 0. The van der Waals surface area contributed by atoms with Gasteiger partial charge in [0.15, 0.2) is 0 Å². The average Bonchev–Trinajstić information content (AvgIpc) is 3.04. The maximum absolute atomic E-state index is 2.06. The summed E-state index contributed by atoms with van der Waals surface area (Å²) in [6, 6.07) is 0. The molecule has 0 saturated heterocycles. The second kappa shape index (κ2) is 2.50. The normalized spacial score (nSPS) is 60.0. The van der Waals surface area contributed by atoms with Crippen LogP contribution >= 0.6 is 0 Å². The summed E-state index contributed by atoms with van der Waals surface area (Å²) in [4.78, 5) is 0. The molecular formula is C20H24. The van der Waals surface area contributed by atoms with Crippen LogP contribution in [0.1, 0.15) is 77.0 Å². The largest absolute Gasteiger partial charge is 0.0623 e. The van der Waals surface area contributed by atoms with Crippen LogP contribution in [0.15, 0.2) is 22.3 Å². The molecule has 0 unspecified atom stereocenters. The summed E-state index contributed by atoms with van der Waals surface area (Å²) < 4.78 is 0. The summed E-state index contributed by atoms with van der Waals surface area (Å²) in [6.07, 6.45) is 18.4. The van der Waals surface area contributed by atoms with Gasteiger partial charge in [-0.1, -0.05) is 35.1 Å². The van der Waals surface area contributed by atoms with Crippen molar-refractivity contribution < 1.29 is 0 Å². The summed E-state index contributed by atoms with van der Waals surface area (Å²) in [5, 5.41) is 0.